The molecule has 1 N–H and O–H groups in total. The minimum absolute atomic E-state index is 0.0661. The van der Waals surface area contributed by atoms with Crippen molar-refractivity contribution >= 4 is 16.8 Å². The zero-order chi connectivity index (χ0) is 18.4. The van der Waals surface area contributed by atoms with Crippen LogP contribution in [0, 0.1) is 0 Å². The number of fused-ring (bicyclic) bond motifs is 2. The molecule has 27 heavy (non-hydrogen) atoms. The average Bonchev–Trinajstić information content (AvgIpc) is 3.35. The monoisotopic (exact) mass is 358 g/mol. The van der Waals surface area contributed by atoms with Crippen LogP contribution in [0.3, 0.4) is 0 Å². The molecule has 7 heteroatoms. The molecule has 0 saturated heterocycles. The lowest BCUT2D eigenvalue weighted by molar-refractivity contribution is 0.0676. The summed E-state index contributed by atoms with van der Waals surface area (Å²) < 4.78 is 1.60. The van der Waals surface area contributed by atoms with Gasteiger partial charge in [-0.3, -0.25) is 14.5 Å². The van der Waals surface area contributed by atoms with Gasteiger partial charge in [0.05, 0.1) is 23.2 Å². The van der Waals surface area contributed by atoms with Crippen LogP contribution in [0.2, 0.25) is 0 Å². The molecule has 5 rings (SSSR count). The number of carbonyl (C=O) groups excluding carboxylic acids is 1. The van der Waals surface area contributed by atoms with Gasteiger partial charge < -0.3 is 9.88 Å². The van der Waals surface area contributed by atoms with Gasteiger partial charge in [-0.05, 0) is 18.2 Å². The Labute approximate surface area is 155 Å². The van der Waals surface area contributed by atoms with E-state index in [-0.39, 0.29) is 11.9 Å². The molecule has 4 heterocycles. The highest BCUT2D eigenvalue weighted by Gasteiger charge is 2.36. The van der Waals surface area contributed by atoms with E-state index in [4.69, 9.17) is 4.98 Å². The van der Waals surface area contributed by atoms with Crippen molar-refractivity contribution in [3.05, 3.63) is 77.8 Å². The van der Waals surface area contributed by atoms with Crippen molar-refractivity contribution in [2.24, 2.45) is 7.05 Å². The summed E-state index contributed by atoms with van der Waals surface area (Å²) in [5.74, 6) is -0.0661. The Bertz CT molecular complexity index is 1140. The lowest BCUT2D eigenvalue weighted by atomic mass is 9.98. The third kappa shape index (κ3) is 2.51. The summed E-state index contributed by atoms with van der Waals surface area (Å²) >= 11 is 0. The van der Waals surface area contributed by atoms with E-state index in [0.29, 0.717) is 12.2 Å². The van der Waals surface area contributed by atoms with E-state index in [9.17, 15) is 4.79 Å². The normalized spacial score (nSPS) is 16.5. The molecule has 0 spiro atoms. The third-order valence-electron chi connectivity index (χ3n) is 5.13. The number of para-hydroxylation sites is 1. The Hall–Kier alpha value is -3.48. The number of imidazole rings is 1. The Kier molecular flexibility index (Phi) is 3.53. The molecule has 7 nitrogen and oxygen atoms in total. The first-order valence-corrected chi connectivity index (χ1v) is 8.89. The first kappa shape index (κ1) is 15.7. The van der Waals surface area contributed by atoms with Gasteiger partial charge in [0.2, 0.25) is 0 Å². The quantitative estimate of drug-likeness (QED) is 0.597. The number of H-pyrrole nitrogens is 1. The summed E-state index contributed by atoms with van der Waals surface area (Å²) in [6.45, 7) is 0.596. The highest BCUT2D eigenvalue weighted by atomic mass is 16.2. The second-order valence-corrected chi connectivity index (χ2v) is 6.69. The highest BCUT2D eigenvalue weighted by Crippen LogP contribution is 2.34. The Balaban J connectivity index is 1.64. The zero-order valence-electron chi connectivity index (χ0n) is 14.8. The van der Waals surface area contributed by atoms with Crippen molar-refractivity contribution in [1.82, 2.24) is 29.6 Å². The van der Waals surface area contributed by atoms with Crippen LogP contribution in [0.5, 0.6) is 0 Å². The molecule has 0 saturated carbocycles. The number of aryl methyl sites for hydroxylation is 1. The lowest BCUT2D eigenvalue weighted by Gasteiger charge is -2.34. The van der Waals surface area contributed by atoms with E-state index in [1.165, 1.54) is 0 Å². The molecule has 1 amide bonds. The van der Waals surface area contributed by atoms with Gasteiger partial charge in [0.15, 0.2) is 0 Å². The van der Waals surface area contributed by atoms with Crippen molar-refractivity contribution in [2.45, 2.75) is 12.5 Å². The van der Waals surface area contributed by atoms with Gasteiger partial charge in [0, 0.05) is 37.3 Å². The molecule has 1 aliphatic heterocycles. The molecule has 4 aromatic rings. The lowest BCUT2D eigenvalue weighted by Crippen LogP contribution is -2.41. The molecule has 1 aromatic carbocycles. The standard InChI is InChI=1S/C20H18N6O/c1-25-17(8-10-23-25)20(27)26-11-9-15-18(22-12-21-15)19(26)16-7-6-13-4-2-3-5-14(13)24-16/h2-8,10,12,19H,9,11H2,1H3,(H,21,22)/t19-/m0/s1. The zero-order valence-corrected chi connectivity index (χ0v) is 14.8. The molecule has 1 aliphatic rings. The van der Waals surface area contributed by atoms with E-state index >= 15 is 0 Å². The highest BCUT2D eigenvalue weighted by molar-refractivity contribution is 5.93. The van der Waals surface area contributed by atoms with Gasteiger partial charge in [-0.1, -0.05) is 24.3 Å². The van der Waals surface area contributed by atoms with E-state index in [1.807, 2.05) is 41.3 Å². The second kappa shape index (κ2) is 6.05. The summed E-state index contributed by atoms with van der Waals surface area (Å²) in [6.07, 6.45) is 4.07. The average molecular weight is 358 g/mol. The van der Waals surface area contributed by atoms with Crippen LogP contribution in [0.4, 0.5) is 0 Å². The van der Waals surface area contributed by atoms with Crippen LogP contribution in [0.1, 0.15) is 33.6 Å². The number of amides is 1. The third-order valence-corrected chi connectivity index (χ3v) is 5.13. The van der Waals surface area contributed by atoms with Crippen LogP contribution in [0.25, 0.3) is 10.9 Å². The maximum Gasteiger partial charge on any atom is 0.273 e. The van der Waals surface area contributed by atoms with Crippen LogP contribution < -0.4 is 0 Å². The minimum atomic E-state index is -0.327. The van der Waals surface area contributed by atoms with Crippen molar-refractivity contribution < 1.29 is 4.79 Å². The van der Waals surface area contributed by atoms with Gasteiger partial charge in [-0.15, -0.1) is 0 Å². The number of nitrogens with one attached hydrogen (secondary N) is 1. The molecule has 1 atom stereocenters. The number of aromatic amines is 1. The SMILES string of the molecule is Cn1nccc1C(=O)N1CCc2[nH]cnc2[C@@H]1c1ccc2ccccc2n1. The van der Waals surface area contributed by atoms with Crippen LogP contribution >= 0.6 is 0 Å². The largest absolute Gasteiger partial charge is 0.348 e. The predicted molar refractivity (Wildman–Crippen MR) is 100 cm³/mol. The van der Waals surface area contributed by atoms with Gasteiger partial charge in [0.1, 0.15) is 11.7 Å². The van der Waals surface area contributed by atoms with Crippen molar-refractivity contribution in [3.63, 3.8) is 0 Å². The summed E-state index contributed by atoms with van der Waals surface area (Å²) in [7, 11) is 1.78. The molecule has 0 aliphatic carbocycles. The fourth-order valence-electron chi connectivity index (χ4n) is 3.76. The van der Waals surface area contributed by atoms with Gasteiger partial charge >= 0.3 is 0 Å². The van der Waals surface area contributed by atoms with E-state index in [2.05, 4.69) is 15.1 Å². The predicted octanol–water partition coefficient (Wildman–Crippen LogP) is 2.48. The number of rotatable bonds is 2. The van der Waals surface area contributed by atoms with E-state index in [1.54, 1.807) is 30.3 Å². The molecule has 134 valence electrons. The number of benzene rings is 1. The number of nitrogens with zero attached hydrogens (tertiary/aromatic N) is 5. The Morgan fingerprint density at radius 1 is 1.19 bits per heavy atom. The smallest absolute Gasteiger partial charge is 0.273 e. The second-order valence-electron chi connectivity index (χ2n) is 6.69. The van der Waals surface area contributed by atoms with Crippen molar-refractivity contribution in [3.8, 4) is 0 Å². The fraction of sp³-hybridized carbons (Fsp3) is 0.200. The number of pyridine rings is 1. The minimum Gasteiger partial charge on any atom is -0.348 e. The maximum atomic E-state index is 13.3. The summed E-state index contributed by atoms with van der Waals surface area (Å²) in [4.78, 5) is 27.7. The Morgan fingerprint density at radius 3 is 2.93 bits per heavy atom. The maximum absolute atomic E-state index is 13.3. The van der Waals surface area contributed by atoms with Gasteiger partial charge in [0.25, 0.3) is 5.91 Å². The Morgan fingerprint density at radius 2 is 2.07 bits per heavy atom. The first-order valence-electron chi connectivity index (χ1n) is 8.89. The van der Waals surface area contributed by atoms with Crippen LogP contribution in [-0.2, 0) is 13.5 Å². The topological polar surface area (TPSA) is 79.7 Å². The fourth-order valence-corrected chi connectivity index (χ4v) is 3.76. The number of hydrogen-bond donors (Lipinski definition) is 1. The van der Waals surface area contributed by atoms with Gasteiger partial charge in [-0.2, -0.15) is 5.10 Å². The number of aromatic nitrogens is 5. The van der Waals surface area contributed by atoms with Gasteiger partial charge in [-0.25, -0.2) is 4.98 Å². The molecule has 0 radical (unpaired) electrons. The van der Waals surface area contributed by atoms with Crippen LogP contribution in [0.15, 0.2) is 55.0 Å². The van der Waals surface area contributed by atoms with Crippen molar-refractivity contribution in [1.29, 1.82) is 0 Å². The number of carbonyl (C=O) groups is 1. The summed E-state index contributed by atoms with van der Waals surface area (Å²) in [5.41, 5.74) is 4.20. The van der Waals surface area contributed by atoms with E-state index in [0.717, 1.165) is 34.4 Å². The molecule has 3 aromatic heterocycles. The molecule has 0 unspecified atom stereocenters. The number of hydrogen-bond acceptors (Lipinski definition) is 4. The molecule has 0 bridgehead atoms. The molecule has 0 fully saturated rings. The van der Waals surface area contributed by atoms with Crippen molar-refractivity contribution in [2.75, 3.05) is 6.54 Å². The summed E-state index contributed by atoms with van der Waals surface area (Å²) in [6, 6.07) is 13.4. The van der Waals surface area contributed by atoms with E-state index < -0.39 is 0 Å². The summed E-state index contributed by atoms with van der Waals surface area (Å²) in [5, 5.41) is 5.21. The molecular formula is C20H18N6O. The molecular weight excluding hydrogens is 340 g/mol. The first-order chi connectivity index (χ1) is 13.2. The van der Waals surface area contributed by atoms with Crippen LogP contribution in [-0.4, -0.2) is 42.1 Å².